The third kappa shape index (κ3) is 5.46. The average molecular weight is 236 g/mol. The molecule has 0 atom stereocenters. The molecule has 1 heterocycles. The maximum Gasteiger partial charge on any atom is 0.233 e. The van der Waals surface area contributed by atoms with Crippen molar-refractivity contribution in [3.8, 4) is 0 Å². The van der Waals surface area contributed by atoms with E-state index >= 15 is 0 Å². The molecule has 0 aromatic carbocycles. The molecular formula is C9H20N2O3S. The van der Waals surface area contributed by atoms with E-state index < -0.39 is 10.0 Å². The first-order valence-electron chi connectivity index (χ1n) is 5.47. The molecule has 90 valence electrons. The van der Waals surface area contributed by atoms with Gasteiger partial charge >= 0.3 is 0 Å². The van der Waals surface area contributed by atoms with Crippen molar-refractivity contribution in [2.75, 3.05) is 32.0 Å². The SMILES string of the molecule is CCCS(=O)(=O)NOCCN1CCCC1. The number of hydrogen-bond acceptors (Lipinski definition) is 4. The van der Waals surface area contributed by atoms with E-state index in [1.807, 2.05) is 6.92 Å². The van der Waals surface area contributed by atoms with Crippen molar-refractivity contribution in [3.63, 3.8) is 0 Å². The van der Waals surface area contributed by atoms with Gasteiger partial charge in [0.1, 0.15) is 0 Å². The molecule has 6 heteroatoms. The van der Waals surface area contributed by atoms with E-state index in [-0.39, 0.29) is 5.75 Å². The third-order valence-electron chi connectivity index (χ3n) is 2.37. The van der Waals surface area contributed by atoms with Crippen LogP contribution in [0, 0.1) is 0 Å². The van der Waals surface area contributed by atoms with E-state index in [1.54, 1.807) is 0 Å². The predicted octanol–water partition coefficient (Wildman–Crippen LogP) is 0.343. The first kappa shape index (κ1) is 12.9. The second-order valence-corrected chi connectivity index (χ2v) is 5.60. The molecule has 0 bridgehead atoms. The highest BCUT2D eigenvalue weighted by molar-refractivity contribution is 7.89. The Morgan fingerprint density at radius 1 is 1.33 bits per heavy atom. The van der Waals surface area contributed by atoms with Crippen LogP contribution in [0.2, 0.25) is 0 Å². The minimum Gasteiger partial charge on any atom is -0.301 e. The van der Waals surface area contributed by atoms with Gasteiger partial charge in [-0.15, -0.1) is 0 Å². The highest BCUT2D eigenvalue weighted by atomic mass is 32.2. The first-order valence-corrected chi connectivity index (χ1v) is 7.13. The Kier molecular flexibility index (Phi) is 5.52. The van der Waals surface area contributed by atoms with Gasteiger partial charge in [-0.25, -0.2) is 8.42 Å². The lowest BCUT2D eigenvalue weighted by atomic mass is 10.4. The van der Waals surface area contributed by atoms with Crippen molar-refractivity contribution in [1.29, 1.82) is 0 Å². The van der Waals surface area contributed by atoms with Crippen LogP contribution < -0.4 is 4.89 Å². The van der Waals surface area contributed by atoms with Gasteiger partial charge in [0, 0.05) is 6.54 Å². The molecule has 0 saturated carbocycles. The number of likely N-dealkylation sites (tertiary alicyclic amines) is 1. The zero-order valence-electron chi connectivity index (χ0n) is 9.24. The van der Waals surface area contributed by atoms with E-state index in [1.165, 1.54) is 12.8 Å². The molecule has 15 heavy (non-hydrogen) atoms. The van der Waals surface area contributed by atoms with Crippen LogP contribution in [-0.4, -0.2) is 45.3 Å². The molecule has 1 saturated heterocycles. The van der Waals surface area contributed by atoms with E-state index in [0.717, 1.165) is 19.6 Å². The molecular weight excluding hydrogens is 216 g/mol. The van der Waals surface area contributed by atoms with Crippen LogP contribution in [0.4, 0.5) is 0 Å². The summed E-state index contributed by atoms with van der Waals surface area (Å²) in [4.78, 5) is 9.33. The standard InChI is InChI=1S/C9H20N2O3S/c1-2-9-15(12,13)10-14-8-7-11-5-3-4-6-11/h10H,2-9H2,1H3. The van der Waals surface area contributed by atoms with Gasteiger partial charge < -0.3 is 4.90 Å². The van der Waals surface area contributed by atoms with Gasteiger partial charge in [0.2, 0.25) is 10.0 Å². The highest BCUT2D eigenvalue weighted by Crippen LogP contribution is 2.05. The van der Waals surface area contributed by atoms with E-state index in [4.69, 9.17) is 4.84 Å². The van der Waals surface area contributed by atoms with Crippen LogP contribution in [0.25, 0.3) is 0 Å². The molecule has 0 unspecified atom stereocenters. The maximum absolute atomic E-state index is 11.2. The number of sulfonamides is 1. The fraction of sp³-hybridized carbons (Fsp3) is 1.00. The molecule has 0 aromatic heterocycles. The summed E-state index contributed by atoms with van der Waals surface area (Å²) in [6.07, 6.45) is 3.08. The number of rotatable bonds is 7. The summed E-state index contributed by atoms with van der Waals surface area (Å²) >= 11 is 0. The third-order valence-corrected chi connectivity index (χ3v) is 3.68. The number of nitrogens with zero attached hydrogens (tertiary/aromatic N) is 1. The fourth-order valence-corrected chi connectivity index (χ4v) is 2.51. The molecule has 1 aliphatic heterocycles. The Hall–Kier alpha value is -0.170. The maximum atomic E-state index is 11.2. The molecule has 0 aromatic rings. The van der Waals surface area contributed by atoms with Crippen LogP contribution in [0.1, 0.15) is 26.2 Å². The predicted molar refractivity (Wildman–Crippen MR) is 58.8 cm³/mol. The second-order valence-electron chi connectivity index (χ2n) is 3.80. The monoisotopic (exact) mass is 236 g/mol. The Balaban J connectivity index is 2.05. The lowest BCUT2D eigenvalue weighted by molar-refractivity contribution is 0.0756. The second kappa shape index (κ2) is 6.42. The Morgan fingerprint density at radius 3 is 2.60 bits per heavy atom. The Morgan fingerprint density at radius 2 is 2.00 bits per heavy atom. The van der Waals surface area contributed by atoms with Gasteiger partial charge in [-0.1, -0.05) is 11.8 Å². The lowest BCUT2D eigenvalue weighted by Gasteiger charge is -2.14. The summed E-state index contributed by atoms with van der Waals surface area (Å²) in [5, 5.41) is 0. The summed E-state index contributed by atoms with van der Waals surface area (Å²) in [7, 11) is -3.22. The van der Waals surface area contributed by atoms with E-state index in [9.17, 15) is 8.42 Å². The Bertz CT molecular complexity index is 261. The van der Waals surface area contributed by atoms with Crippen LogP contribution in [0.15, 0.2) is 0 Å². The van der Waals surface area contributed by atoms with Gasteiger partial charge in [-0.05, 0) is 32.4 Å². The summed E-state index contributed by atoms with van der Waals surface area (Å²) < 4.78 is 22.4. The molecule has 0 radical (unpaired) electrons. The zero-order valence-corrected chi connectivity index (χ0v) is 10.1. The minimum absolute atomic E-state index is 0.122. The van der Waals surface area contributed by atoms with Crippen molar-refractivity contribution >= 4 is 10.0 Å². The summed E-state index contributed by atoms with van der Waals surface area (Å²) in [5.74, 6) is 0.122. The van der Waals surface area contributed by atoms with Crippen molar-refractivity contribution in [2.24, 2.45) is 0 Å². The topological polar surface area (TPSA) is 58.6 Å². The molecule has 0 amide bonds. The molecule has 5 nitrogen and oxygen atoms in total. The lowest BCUT2D eigenvalue weighted by Crippen LogP contribution is -2.31. The summed E-state index contributed by atoms with van der Waals surface area (Å²) in [6, 6.07) is 0. The number of hydrogen-bond donors (Lipinski definition) is 1. The summed E-state index contributed by atoms with van der Waals surface area (Å²) in [6.45, 7) is 5.25. The molecule has 1 N–H and O–H groups in total. The molecule has 1 aliphatic rings. The average Bonchev–Trinajstić information content (AvgIpc) is 2.65. The molecule has 0 spiro atoms. The van der Waals surface area contributed by atoms with Crippen LogP contribution >= 0.6 is 0 Å². The zero-order chi connectivity index (χ0) is 11.1. The quantitative estimate of drug-likeness (QED) is 0.511. The van der Waals surface area contributed by atoms with Gasteiger partial charge in [0.25, 0.3) is 0 Å². The summed E-state index contributed by atoms with van der Waals surface area (Å²) in [5.41, 5.74) is 0. The van der Waals surface area contributed by atoms with Crippen LogP contribution in [-0.2, 0) is 14.9 Å². The van der Waals surface area contributed by atoms with E-state index in [0.29, 0.717) is 13.0 Å². The number of nitrogens with one attached hydrogen (secondary N) is 1. The largest absolute Gasteiger partial charge is 0.301 e. The first-order chi connectivity index (χ1) is 7.14. The molecule has 0 aliphatic carbocycles. The van der Waals surface area contributed by atoms with Crippen molar-refractivity contribution in [2.45, 2.75) is 26.2 Å². The van der Waals surface area contributed by atoms with Gasteiger partial charge in [-0.3, -0.25) is 4.84 Å². The van der Waals surface area contributed by atoms with Crippen LogP contribution in [0.3, 0.4) is 0 Å². The van der Waals surface area contributed by atoms with Crippen molar-refractivity contribution in [1.82, 2.24) is 9.79 Å². The van der Waals surface area contributed by atoms with Crippen LogP contribution in [0.5, 0.6) is 0 Å². The smallest absolute Gasteiger partial charge is 0.233 e. The fourth-order valence-electron chi connectivity index (χ4n) is 1.62. The normalized spacial score (nSPS) is 18.5. The highest BCUT2D eigenvalue weighted by Gasteiger charge is 2.12. The van der Waals surface area contributed by atoms with Gasteiger partial charge in [0.05, 0.1) is 12.4 Å². The minimum atomic E-state index is -3.22. The van der Waals surface area contributed by atoms with Crippen molar-refractivity contribution < 1.29 is 13.3 Å². The Labute approximate surface area is 91.8 Å². The van der Waals surface area contributed by atoms with Gasteiger partial charge in [-0.2, -0.15) is 0 Å². The van der Waals surface area contributed by atoms with Gasteiger partial charge in [0.15, 0.2) is 0 Å². The van der Waals surface area contributed by atoms with E-state index in [2.05, 4.69) is 9.79 Å². The molecule has 1 fully saturated rings. The van der Waals surface area contributed by atoms with Crippen molar-refractivity contribution in [3.05, 3.63) is 0 Å². The molecule has 1 rings (SSSR count).